The lowest BCUT2D eigenvalue weighted by molar-refractivity contribution is 0.0478. The third-order valence-electron chi connectivity index (χ3n) is 6.58. The first-order valence-electron chi connectivity index (χ1n) is 13.9. The number of carbonyl (C=O) groups is 1. The van der Waals surface area contributed by atoms with Gasteiger partial charge < -0.3 is 13.9 Å². The molecule has 7 heteroatoms. The van der Waals surface area contributed by atoms with Crippen molar-refractivity contribution >= 4 is 27.5 Å². The number of aromatic nitrogens is 1. The number of thiophene rings is 1. The lowest BCUT2D eigenvalue weighted by Crippen LogP contribution is -2.07. The topological polar surface area (TPSA) is 78.6 Å². The molecule has 0 spiro atoms. The Morgan fingerprint density at radius 2 is 1.49 bits per heavy atom. The molecule has 0 amide bonds. The van der Waals surface area contributed by atoms with Gasteiger partial charge in [0.05, 0.1) is 6.61 Å². The van der Waals surface area contributed by atoms with Crippen molar-refractivity contribution in [2.75, 3.05) is 6.61 Å². The monoisotopic (exact) mass is 527 g/mol. The SMILES string of the molecule is CCCCCCCCCCCCCCCOc1nc2sc(C(=O)OCc3ccccc3)c(C)c2c(=O)o1. The molecule has 0 unspecified atom stereocenters. The maximum absolute atomic E-state index is 12.6. The van der Waals surface area contributed by atoms with Crippen LogP contribution in [-0.2, 0) is 11.3 Å². The number of rotatable bonds is 18. The van der Waals surface area contributed by atoms with Crippen LogP contribution in [0, 0.1) is 6.92 Å². The van der Waals surface area contributed by atoms with Crippen LogP contribution >= 0.6 is 11.3 Å². The Balaban J connectivity index is 1.36. The number of benzene rings is 1. The second-order valence-electron chi connectivity index (χ2n) is 9.66. The highest BCUT2D eigenvalue weighted by atomic mass is 32.1. The van der Waals surface area contributed by atoms with E-state index < -0.39 is 11.6 Å². The third kappa shape index (κ3) is 9.62. The van der Waals surface area contributed by atoms with Gasteiger partial charge in [0, 0.05) is 0 Å². The molecule has 0 saturated heterocycles. The molecule has 2 heterocycles. The van der Waals surface area contributed by atoms with Gasteiger partial charge in [-0.2, -0.15) is 4.98 Å². The molecule has 0 radical (unpaired) electrons. The van der Waals surface area contributed by atoms with E-state index in [2.05, 4.69) is 11.9 Å². The zero-order valence-electron chi connectivity index (χ0n) is 22.4. The van der Waals surface area contributed by atoms with E-state index in [9.17, 15) is 9.59 Å². The van der Waals surface area contributed by atoms with E-state index in [1.807, 2.05) is 30.3 Å². The minimum Gasteiger partial charge on any atom is -0.457 e. The molecule has 3 aromatic rings. The number of esters is 1. The highest BCUT2D eigenvalue weighted by molar-refractivity contribution is 7.20. The Bertz CT molecular complexity index is 1140. The van der Waals surface area contributed by atoms with Gasteiger partial charge in [-0.1, -0.05) is 114 Å². The van der Waals surface area contributed by atoms with E-state index in [1.54, 1.807) is 6.92 Å². The first kappa shape index (κ1) is 28.9. The van der Waals surface area contributed by atoms with Crippen LogP contribution in [0.4, 0.5) is 0 Å². The molecular weight excluding hydrogens is 486 g/mol. The van der Waals surface area contributed by atoms with E-state index in [0.29, 0.717) is 27.3 Å². The van der Waals surface area contributed by atoms with Gasteiger partial charge in [-0.15, -0.1) is 11.3 Å². The summed E-state index contributed by atoms with van der Waals surface area (Å²) in [6, 6.07) is 9.47. The molecule has 202 valence electrons. The van der Waals surface area contributed by atoms with E-state index >= 15 is 0 Å². The fraction of sp³-hybridized carbons (Fsp3) is 0.567. The second kappa shape index (κ2) is 16.2. The Labute approximate surface area is 224 Å². The zero-order valence-corrected chi connectivity index (χ0v) is 23.2. The summed E-state index contributed by atoms with van der Waals surface area (Å²) in [5, 5.41) is 0.310. The normalized spacial score (nSPS) is 11.2. The number of hydrogen-bond acceptors (Lipinski definition) is 7. The van der Waals surface area contributed by atoms with Crippen LogP contribution in [0.5, 0.6) is 6.08 Å². The van der Waals surface area contributed by atoms with Gasteiger partial charge in [-0.3, -0.25) is 0 Å². The third-order valence-corrected chi connectivity index (χ3v) is 7.74. The van der Waals surface area contributed by atoms with Crippen molar-refractivity contribution in [3.63, 3.8) is 0 Å². The molecule has 0 aliphatic rings. The molecule has 6 nitrogen and oxygen atoms in total. The number of ether oxygens (including phenoxy) is 2. The maximum Gasteiger partial charge on any atom is 0.397 e. The lowest BCUT2D eigenvalue weighted by Gasteiger charge is -2.04. The fourth-order valence-electron chi connectivity index (χ4n) is 4.38. The largest absolute Gasteiger partial charge is 0.457 e. The minimum absolute atomic E-state index is 0.0399. The van der Waals surface area contributed by atoms with Gasteiger partial charge in [-0.25, -0.2) is 9.59 Å². The van der Waals surface area contributed by atoms with Crippen molar-refractivity contribution < 1.29 is 18.7 Å². The molecule has 2 aromatic heterocycles. The summed E-state index contributed by atoms with van der Waals surface area (Å²) in [6.07, 6.45) is 16.6. The molecule has 37 heavy (non-hydrogen) atoms. The Kier molecular flexibility index (Phi) is 12.7. The van der Waals surface area contributed by atoms with Gasteiger partial charge in [-0.05, 0) is 24.5 Å². The van der Waals surface area contributed by atoms with Crippen molar-refractivity contribution in [3.8, 4) is 6.08 Å². The van der Waals surface area contributed by atoms with E-state index in [1.165, 1.54) is 70.6 Å². The summed E-state index contributed by atoms with van der Waals surface area (Å²) in [7, 11) is 0. The lowest BCUT2D eigenvalue weighted by atomic mass is 10.0. The number of fused-ring (bicyclic) bond motifs is 1. The molecule has 0 saturated carbocycles. The van der Waals surface area contributed by atoms with Crippen LogP contribution in [0.25, 0.3) is 10.2 Å². The molecular formula is C30H41NO5S. The summed E-state index contributed by atoms with van der Waals surface area (Å²) in [4.78, 5) is 30.3. The summed E-state index contributed by atoms with van der Waals surface area (Å²) < 4.78 is 16.3. The highest BCUT2D eigenvalue weighted by Crippen LogP contribution is 2.29. The highest BCUT2D eigenvalue weighted by Gasteiger charge is 2.22. The molecule has 0 aliphatic carbocycles. The summed E-state index contributed by atoms with van der Waals surface area (Å²) >= 11 is 1.13. The summed E-state index contributed by atoms with van der Waals surface area (Å²) in [5.74, 6) is -0.474. The number of nitrogens with zero attached hydrogens (tertiary/aromatic N) is 1. The first-order chi connectivity index (χ1) is 18.1. The molecule has 0 atom stereocenters. The standard InChI is InChI=1S/C30H41NO5S/c1-3-4-5-6-7-8-9-10-11-12-13-14-18-21-34-30-31-27-25(28(32)36-30)23(2)26(37-27)29(33)35-22-24-19-16-15-17-20-24/h15-17,19-20H,3-14,18,21-22H2,1-2H3. The van der Waals surface area contributed by atoms with Crippen LogP contribution in [0.2, 0.25) is 0 Å². The molecule has 0 aliphatic heterocycles. The predicted octanol–water partition coefficient (Wildman–Crippen LogP) is 8.38. The van der Waals surface area contributed by atoms with Crippen LogP contribution in [-0.4, -0.2) is 17.6 Å². The molecule has 1 aromatic carbocycles. The van der Waals surface area contributed by atoms with Crippen molar-refractivity contribution in [1.82, 2.24) is 4.98 Å². The van der Waals surface area contributed by atoms with Gasteiger partial charge >= 0.3 is 17.7 Å². The average Bonchev–Trinajstić information content (AvgIpc) is 3.24. The quantitative estimate of drug-likeness (QED) is 0.122. The summed E-state index contributed by atoms with van der Waals surface area (Å²) in [6.45, 7) is 4.60. The zero-order chi connectivity index (χ0) is 26.3. The van der Waals surface area contributed by atoms with Crippen molar-refractivity contribution in [2.24, 2.45) is 0 Å². The molecule has 0 fully saturated rings. The van der Waals surface area contributed by atoms with E-state index in [4.69, 9.17) is 13.9 Å². The van der Waals surface area contributed by atoms with Crippen LogP contribution in [0.3, 0.4) is 0 Å². The van der Waals surface area contributed by atoms with Gasteiger partial charge in [0.15, 0.2) is 0 Å². The number of carbonyl (C=O) groups excluding carboxylic acids is 1. The fourth-order valence-corrected chi connectivity index (χ4v) is 5.43. The first-order valence-corrected chi connectivity index (χ1v) is 14.7. The number of aryl methyl sites for hydroxylation is 1. The van der Waals surface area contributed by atoms with Gasteiger partial charge in [0.1, 0.15) is 21.7 Å². The molecule has 0 bridgehead atoms. The van der Waals surface area contributed by atoms with Crippen LogP contribution < -0.4 is 10.4 Å². The van der Waals surface area contributed by atoms with Crippen LogP contribution in [0.15, 0.2) is 39.5 Å². The van der Waals surface area contributed by atoms with Crippen LogP contribution in [0.1, 0.15) is 111 Å². The summed E-state index contributed by atoms with van der Waals surface area (Å²) in [5.41, 5.74) is 0.889. The van der Waals surface area contributed by atoms with Gasteiger partial charge in [0.2, 0.25) is 0 Å². The second-order valence-corrected chi connectivity index (χ2v) is 10.7. The molecule has 0 N–H and O–H groups in total. The van der Waals surface area contributed by atoms with Crippen molar-refractivity contribution in [1.29, 1.82) is 0 Å². The Morgan fingerprint density at radius 1 is 0.892 bits per heavy atom. The van der Waals surface area contributed by atoms with Gasteiger partial charge in [0.25, 0.3) is 0 Å². The average molecular weight is 528 g/mol. The Morgan fingerprint density at radius 3 is 2.11 bits per heavy atom. The van der Waals surface area contributed by atoms with E-state index in [-0.39, 0.29) is 12.7 Å². The number of unbranched alkanes of at least 4 members (excludes halogenated alkanes) is 12. The van der Waals surface area contributed by atoms with Crippen molar-refractivity contribution in [2.45, 2.75) is 104 Å². The predicted molar refractivity (Wildman–Crippen MR) is 150 cm³/mol. The smallest absolute Gasteiger partial charge is 0.397 e. The minimum atomic E-state index is -0.541. The Hall–Kier alpha value is -2.67. The maximum atomic E-state index is 12.6. The van der Waals surface area contributed by atoms with E-state index in [0.717, 1.165) is 29.7 Å². The number of hydrogen-bond donors (Lipinski definition) is 0. The molecule has 3 rings (SSSR count). The van der Waals surface area contributed by atoms with Crippen molar-refractivity contribution in [3.05, 3.63) is 56.8 Å².